The van der Waals surface area contributed by atoms with Gasteiger partial charge in [0.15, 0.2) is 0 Å². The van der Waals surface area contributed by atoms with E-state index in [1.165, 1.54) is 19.3 Å². The molecule has 13 heavy (non-hydrogen) atoms. The largest absolute Gasteiger partial charge is 0.328 e. The van der Waals surface area contributed by atoms with Crippen LogP contribution in [0.4, 0.5) is 0 Å². The summed E-state index contributed by atoms with van der Waals surface area (Å²) in [4.78, 5) is 0. The molecule has 3 unspecified atom stereocenters. The highest BCUT2D eigenvalue weighted by atomic mass is 14.9. The summed E-state index contributed by atoms with van der Waals surface area (Å²) in [6.45, 7) is 5.95. The van der Waals surface area contributed by atoms with Crippen molar-refractivity contribution in [3.05, 3.63) is 12.7 Å². The first kappa shape index (κ1) is 10.7. The van der Waals surface area contributed by atoms with Gasteiger partial charge in [0.05, 0.1) is 0 Å². The van der Waals surface area contributed by atoms with Gasteiger partial charge >= 0.3 is 0 Å². The van der Waals surface area contributed by atoms with Gasteiger partial charge in [-0.2, -0.15) is 0 Å². The molecule has 0 saturated heterocycles. The smallest absolute Gasteiger partial charge is 0.00844 e. The summed E-state index contributed by atoms with van der Waals surface area (Å²) in [6.07, 6.45) is 7.93. The number of nitrogens with one attached hydrogen (secondary N) is 1. The van der Waals surface area contributed by atoms with Gasteiger partial charge in [-0.1, -0.05) is 12.5 Å². The third-order valence-electron chi connectivity index (χ3n) is 2.76. The van der Waals surface area contributed by atoms with E-state index in [-0.39, 0.29) is 0 Å². The zero-order chi connectivity index (χ0) is 9.68. The molecular formula is C11H22N2. The zero-order valence-corrected chi connectivity index (χ0v) is 8.63. The molecule has 1 aliphatic carbocycles. The highest BCUT2D eigenvalue weighted by molar-refractivity contribution is 4.83. The molecule has 1 aliphatic rings. The lowest BCUT2D eigenvalue weighted by Crippen LogP contribution is -2.43. The lowest BCUT2D eigenvalue weighted by Gasteiger charge is -2.29. The molecule has 1 fully saturated rings. The predicted molar refractivity (Wildman–Crippen MR) is 57.6 cm³/mol. The molecule has 0 radical (unpaired) electrons. The van der Waals surface area contributed by atoms with Gasteiger partial charge in [0, 0.05) is 18.1 Å². The van der Waals surface area contributed by atoms with E-state index in [1.807, 2.05) is 6.08 Å². The van der Waals surface area contributed by atoms with Gasteiger partial charge in [-0.25, -0.2) is 0 Å². The first-order valence-corrected chi connectivity index (χ1v) is 5.35. The maximum absolute atomic E-state index is 5.91. The fraction of sp³-hybridized carbons (Fsp3) is 0.818. The van der Waals surface area contributed by atoms with Crippen molar-refractivity contribution in [2.75, 3.05) is 0 Å². The molecule has 3 atom stereocenters. The van der Waals surface area contributed by atoms with Crippen molar-refractivity contribution in [3.63, 3.8) is 0 Å². The maximum atomic E-state index is 5.91. The molecule has 0 amide bonds. The van der Waals surface area contributed by atoms with E-state index in [1.54, 1.807) is 0 Å². The van der Waals surface area contributed by atoms with Crippen LogP contribution >= 0.6 is 0 Å². The van der Waals surface area contributed by atoms with Crippen LogP contribution in [0.15, 0.2) is 12.7 Å². The van der Waals surface area contributed by atoms with Gasteiger partial charge < -0.3 is 11.1 Å². The molecule has 0 aromatic heterocycles. The van der Waals surface area contributed by atoms with Crippen molar-refractivity contribution < 1.29 is 0 Å². The number of nitrogens with two attached hydrogens (primary N) is 1. The van der Waals surface area contributed by atoms with Crippen molar-refractivity contribution >= 4 is 0 Å². The normalized spacial score (nSPS) is 31.2. The summed E-state index contributed by atoms with van der Waals surface area (Å²) < 4.78 is 0. The lowest BCUT2D eigenvalue weighted by molar-refractivity contribution is 0.317. The molecule has 2 heteroatoms. The van der Waals surface area contributed by atoms with Gasteiger partial charge in [0.2, 0.25) is 0 Å². The molecule has 1 rings (SSSR count). The second-order valence-corrected chi connectivity index (χ2v) is 4.22. The Labute approximate surface area is 81.6 Å². The van der Waals surface area contributed by atoms with E-state index >= 15 is 0 Å². The molecule has 0 aliphatic heterocycles. The molecule has 0 heterocycles. The standard InChI is InChI=1S/C11H22N2/c1-3-5-9(2)13-11-7-4-6-10(12)8-11/h3,9-11,13H,1,4-8,12H2,2H3. The fourth-order valence-electron chi connectivity index (χ4n) is 2.10. The van der Waals surface area contributed by atoms with E-state index in [9.17, 15) is 0 Å². The minimum Gasteiger partial charge on any atom is -0.328 e. The Balaban J connectivity index is 2.22. The van der Waals surface area contributed by atoms with Gasteiger partial charge in [-0.3, -0.25) is 0 Å². The van der Waals surface area contributed by atoms with Crippen LogP contribution in [-0.4, -0.2) is 18.1 Å². The highest BCUT2D eigenvalue weighted by Crippen LogP contribution is 2.17. The number of hydrogen-bond acceptors (Lipinski definition) is 2. The van der Waals surface area contributed by atoms with E-state index in [2.05, 4.69) is 18.8 Å². The van der Waals surface area contributed by atoms with Crippen LogP contribution in [-0.2, 0) is 0 Å². The molecule has 0 aromatic carbocycles. The summed E-state index contributed by atoms with van der Waals surface area (Å²) >= 11 is 0. The van der Waals surface area contributed by atoms with Crippen LogP contribution in [0.2, 0.25) is 0 Å². The Kier molecular flexibility index (Phi) is 4.46. The predicted octanol–water partition coefficient (Wildman–Crippen LogP) is 1.81. The molecule has 0 aromatic rings. The van der Waals surface area contributed by atoms with Crippen molar-refractivity contribution in [1.29, 1.82) is 0 Å². The van der Waals surface area contributed by atoms with E-state index < -0.39 is 0 Å². The van der Waals surface area contributed by atoms with Crippen LogP contribution in [0.25, 0.3) is 0 Å². The van der Waals surface area contributed by atoms with Crippen LogP contribution < -0.4 is 11.1 Å². The monoisotopic (exact) mass is 182 g/mol. The third-order valence-corrected chi connectivity index (χ3v) is 2.76. The van der Waals surface area contributed by atoms with Gasteiger partial charge in [0.25, 0.3) is 0 Å². The summed E-state index contributed by atoms with van der Waals surface area (Å²) in [6, 6.07) is 1.61. The lowest BCUT2D eigenvalue weighted by atomic mass is 9.91. The molecule has 3 N–H and O–H groups in total. The van der Waals surface area contributed by atoms with Crippen molar-refractivity contribution in [1.82, 2.24) is 5.32 Å². The van der Waals surface area contributed by atoms with Crippen LogP contribution in [0.1, 0.15) is 39.0 Å². The Hall–Kier alpha value is -0.340. The van der Waals surface area contributed by atoms with Crippen LogP contribution in [0.5, 0.6) is 0 Å². The average molecular weight is 182 g/mol. The number of hydrogen-bond donors (Lipinski definition) is 2. The summed E-state index contributed by atoms with van der Waals surface area (Å²) in [7, 11) is 0. The minimum atomic E-state index is 0.419. The Morgan fingerprint density at radius 1 is 1.62 bits per heavy atom. The Morgan fingerprint density at radius 3 is 3.00 bits per heavy atom. The Bertz CT molecular complexity index is 156. The van der Waals surface area contributed by atoms with Gasteiger partial charge in [0.1, 0.15) is 0 Å². The van der Waals surface area contributed by atoms with Gasteiger partial charge in [-0.15, -0.1) is 6.58 Å². The average Bonchev–Trinajstić information content (AvgIpc) is 2.04. The SMILES string of the molecule is C=CCC(C)NC1CCCC(N)C1. The van der Waals surface area contributed by atoms with E-state index in [0.29, 0.717) is 18.1 Å². The van der Waals surface area contributed by atoms with E-state index in [0.717, 1.165) is 12.8 Å². The van der Waals surface area contributed by atoms with Crippen molar-refractivity contribution in [2.24, 2.45) is 5.73 Å². The first-order chi connectivity index (χ1) is 6.22. The second kappa shape index (κ2) is 5.40. The number of rotatable bonds is 4. The molecule has 1 saturated carbocycles. The van der Waals surface area contributed by atoms with Crippen LogP contribution in [0, 0.1) is 0 Å². The second-order valence-electron chi connectivity index (χ2n) is 4.22. The summed E-state index contributed by atoms with van der Waals surface area (Å²) in [5.41, 5.74) is 5.91. The molecule has 0 bridgehead atoms. The summed E-state index contributed by atoms with van der Waals surface area (Å²) in [5, 5.41) is 3.60. The van der Waals surface area contributed by atoms with E-state index in [4.69, 9.17) is 5.73 Å². The molecule has 0 spiro atoms. The molecule has 76 valence electrons. The first-order valence-electron chi connectivity index (χ1n) is 5.35. The van der Waals surface area contributed by atoms with Gasteiger partial charge in [-0.05, 0) is 32.6 Å². The maximum Gasteiger partial charge on any atom is 0.00844 e. The fourth-order valence-corrected chi connectivity index (χ4v) is 2.10. The zero-order valence-electron chi connectivity index (χ0n) is 8.63. The highest BCUT2D eigenvalue weighted by Gasteiger charge is 2.19. The molecule has 2 nitrogen and oxygen atoms in total. The minimum absolute atomic E-state index is 0.419. The van der Waals surface area contributed by atoms with Crippen molar-refractivity contribution in [2.45, 2.75) is 57.2 Å². The third kappa shape index (κ3) is 3.92. The quantitative estimate of drug-likeness (QED) is 0.651. The molecular weight excluding hydrogens is 160 g/mol. The summed E-state index contributed by atoms with van der Waals surface area (Å²) in [5.74, 6) is 0. The van der Waals surface area contributed by atoms with Crippen molar-refractivity contribution in [3.8, 4) is 0 Å². The van der Waals surface area contributed by atoms with Crippen LogP contribution in [0.3, 0.4) is 0 Å². The topological polar surface area (TPSA) is 38.0 Å². The Morgan fingerprint density at radius 2 is 2.38 bits per heavy atom.